The number of amides is 1. The molecule has 0 spiro atoms. The third-order valence-electron chi connectivity index (χ3n) is 5.61. The normalized spacial score (nSPS) is 11.8. The van der Waals surface area contributed by atoms with Crippen LogP contribution in [0.5, 0.6) is 0 Å². The van der Waals surface area contributed by atoms with Gasteiger partial charge in [-0.2, -0.15) is 5.10 Å². The van der Waals surface area contributed by atoms with Crippen LogP contribution in [-0.2, 0) is 21.6 Å². The van der Waals surface area contributed by atoms with Crippen molar-refractivity contribution in [2.75, 3.05) is 13.7 Å². The number of ether oxygens (including phenoxy) is 1. The van der Waals surface area contributed by atoms with Gasteiger partial charge in [-0.25, -0.2) is 9.67 Å². The maximum atomic E-state index is 14.0. The number of hydrogen-bond donors (Lipinski definition) is 0. The van der Waals surface area contributed by atoms with Gasteiger partial charge < -0.3 is 9.64 Å². The van der Waals surface area contributed by atoms with Gasteiger partial charge in [0.1, 0.15) is 0 Å². The lowest BCUT2D eigenvalue weighted by atomic mass is 10.0. The van der Waals surface area contributed by atoms with Gasteiger partial charge in [-0.1, -0.05) is 44.2 Å². The van der Waals surface area contributed by atoms with Crippen LogP contribution < -0.4 is 0 Å². The van der Waals surface area contributed by atoms with Gasteiger partial charge in [0, 0.05) is 18.8 Å². The summed E-state index contributed by atoms with van der Waals surface area (Å²) >= 11 is 0. The van der Waals surface area contributed by atoms with Gasteiger partial charge in [-0.15, -0.1) is 0 Å². The molecule has 0 fully saturated rings. The van der Waals surface area contributed by atoms with Crippen LogP contribution in [0.3, 0.4) is 0 Å². The Hall–Kier alpha value is -3.22. The minimum atomic E-state index is -0.347. The molecule has 33 heavy (non-hydrogen) atoms. The standard InChI is InChI=1S/C26H34N4O3/c1-17(2)21-15-20(23-18(3)28-30(24(23)27-21)26(4,5)6)25(32)29(14-13-22(31)33-7)16-19-11-9-8-10-12-19/h8-12,15,17H,13-14,16H2,1-7H3. The average molecular weight is 451 g/mol. The first-order valence-electron chi connectivity index (χ1n) is 11.3. The molecule has 7 nitrogen and oxygen atoms in total. The van der Waals surface area contributed by atoms with Crippen molar-refractivity contribution < 1.29 is 14.3 Å². The summed E-state index contributed by atoms with van der Waals surface area (Å²) < 4.78 is 6.72. The third kappa shape index (κ3) is 5.41. The molecule has 0 aliphatic carbocycles. The lowest BCUT2D eigenvalue weighted by Gasteiger charge is -2.24. The van der Waals surface area contributed by atoms with Crippen molar-refractivity contribution in [1.82, 2.24) is 19.7 Å². The molecule has 0 radical (unpaired) electrons. The summed E-state index contributed by atoms with van der Waals surface area (Å²) in [5.74, 6) is -0.351. The molecule has 3 aromatic rings. The summed E-state index contributed by atoms with van der Waals surface area (Å²) in [6.45, 7) is 12.9. The predicted octanol–water partition coefficient (Wildman–Crippen LogP) is 4.82. The van der Waals surface area contributed by atoms with E-state index < -0.39 is 0 Å². The van der Waals surface area contributed by atoms with Crippen LogP contribution in [-0.4, -0.2) is 45.2 Å². The van der Waals surface area contributed by atoms with Gasteiger partial charge in [0.25, 0.3) is 5.91 Å². The van der Waals surface area contributed by atoms with Gasteiger partial charge in [0.05, 0.1) is 35.7 Å². The van der Waals surface area contributed by atoms with Gasteiger partial charge in [0.15, 0.2) is 5.65 Å². The van der Waals surface area contributed by atoms with E-state index >= 15 is 0 Å². The number of methoxy groups -OCH3 is 1. The van der Waals surface area contributed by atoms with Crippen LogP contribution in [0.15, 0.2) is 36.4 Å². The fourth-order valence-electron chi connectivity index (χ4n) is 3.80. The second kappa shape index (κ2) is 9.73. The summed E-state index contributed by atoms with van der Waals surface area (Å²) in [7, 11) is 1.36. The highest BCUT2D eigenvalue weighted by molar-refractivity contribution is 6.06. The van der Waals surface area contributed by atoms with E-state index in [9.17, 15) is 9.59 Å². The SMILES string of the molecule is COC(=O)CCN(Cc1ccccc1)C(=O)c1cc(C(C)C)nc2c1c(C)nn2C(C)(C)C. The fraction of sp³-hybridized carbons (Fsp3) is 0.462. The van der Waals surface area contributed by atoms with E-state index in [1.807, 2.05) is 48.0 Å². The first-order valence-corrected chi connectivity index (χ1v) is 11.3. The van der Waals surface area contributed by atoms with Crippen molar-refractivity contribution >= 4 is 22.9 Å². The van der Waals surface area contributed by atoms with Crippen molar-refractivity contribution in [2.45, 2.75) is 66.0 Å². The Morgan fingerprint density at radius 3 is 2.39 bits per heavy atom. The molecule has 1 amide bonds. The molecule has 2 aromatic heterocycles. The van der Waals surface area contributed by atoms with Gasteiger partial charge in [-0.05, 0) is 45.2 Å². The highest BCUT2D eigenvalue weighted by Gasteiger charge is 2.27. The Balaban J connectivity index is 2.14. The molecule has 7 heteroatoms. The second-order valence-electron chi connectivity index (χ2n) is 9.65. The summed E-state index contributed by atoms with van der Waals surface area (Å²) in [5, 5.41) is 5.50. The zero-order valence-corrected chi connectivity index (χ0v) is 20.7. The monoisotopic (exact) mass is 450 g/mol. The molecule has 0 atom stereocenters. The molecule has 0 saturated heterocycles. The molecular formula is C26H34N4O3. The number of rotatable bonds is 7. The van der Waals surface area contributed by atoms with Crippen molar-refractivity contribution in [3.05, 3.63) is 58.9 Å². The molecule has 1 aromatic carbocycles. The molecule has 176 valence electrons. The zero-order chi connectivity index (χ0) is 24.3. The Labute approximate surface area is 195 Å². The highest BCUT2D eigenvalue weighted by atomic mass is 16.5. The fourth-order valence-corrected chi connectivity index (χ4v) is 3.80. The van der Waals surface area contributed by atoms with Crippen LogP contribution >= 0.6 is 0 Å². The van der Waals surface area contributed by atoms with E-state index in [1.165, 1.54) is 7.11 Å². The molecule has 2 heterocycles. The van der Waals surface area contributed by atoms with E-state index in [-0.39, 0.29) is 36.3 Å². The maximum absolute atomic E-state index is 14.0. The number of aryl methyl sites for hydroxylation is 1. The number of hydrogen-bond acceptors (Lipinski definition) is 5. The largest absolute Gasteiger partial charge is 0.469 e. The van der Waals surface area contributed by atoms with Crippen LogP contribution in [0, 0.1) is 6.92 Å². The summed E-state index contributed by atoms with van der Waals surface area (Å²) in [5.41, 5.74) is 3.58. The minimum Gasteiger partial charge on any atom is -0.469 e. The number of nitrogens with zero attached hydrogens (tertiary/aromatic N) is 4. The minimum absolute atomic E-state index is 0.126. The lowest BCUT2D eigenvalue weighted by Crippen LogP contribution is -2.33. The number of aromatic nitrogens is 3. The second-order valence-corrected chi connectivity index (χ2v) is 9.65. The number of esters is 1. The van der Waals surface area contributed by atoms with Crippen LogP contribution in [0.4, 0.5) is 0 Å². The number of carbonyl (C=O) groups is 2. The van der Waals surface area contributed by atoms with Gasteiger partial charge >= 0.3 is 5.97 Å². The zero-order valence-electron chi connectivity index (χ0n) is 20.7. The van der Waals surface area contributed by atoms with E-state index in [0.717, 1.165) is 22.3 Å². The summed E-state index contributed by atoms with van der Waals surface area (Å²) in [4.78, 5) is 32.4. The van der Waals surface area contributed by atoms with E-state index in [4.69, 9.17) is 14.8 Å². The Kier molecular flexibility index (Phi) is 7.20. The molecule has 0 aliphatic heterocycles. The summed E-state index contributed by atoms with van der Waals surface area (Å²) in [6.07, 6.45) is 0.126. The Bertz CT molecular complexity index is 1140. The van der Waals surface area contributed by atoms with Crippen LogP contribution in [0.1, 0.15) is 74.3 Å². The number of carbonyl (C=O) groups excluding carboxylic acids is 2. The van der Waals surface area contributed by atoms with Crippen molar-refractivity contribution in [1.29, 1.82) is 0 Å². The highest BCUT2D eigenvalue weighted by Crippen LogP contribution is 2.30. The summed E-state index contributed by atoms with van der Waals surface area (Å²) in [6, 6.07) is 11.7. The topological polar surface area (TPSA) is 77.3 Å². The van der Waals surface area contributed by atoms with E-state index in [1.54, 1.807) is 4.90 Å². The van der Waals surface area contributed by atoms with Crippen molar-refractivity contribution in [2.24, 2.45) is 0 Å². The number of fused-ring (bicyclic) bond motifs is 1. The van der Waals surface area contributed by atoms with E-state index in [2.05, 4.69) is 34.6 Å². The predicted molar refractivity (Wildman–Crippen MR) is 129 cm³/mol. The Morgan fingerprint density at radius 2 is 1.82 bits per heavy atom. The van der Waals surface area contributed by atoms with Crippen LogP contribution in [0.2, 0.25) is 0 Å². The Morgan fingerprint density at radius 1 is 1.15 bits per heavy atom. The van der Waals surface area contributed by atoms with Crippen molar-refractivity contribution in [3.8, 4) is 0 Å². The van der Waals surface area contributed by atoms with Crippen LogP contribution in [0.25, 0.3) is 11.0 Å². The molecule has 0 bridgehead atoms. The molecule has 0 unspecified atom stereocenters. The van der Waals surface area contributed by atoms with Gasteiger partial charge in [-0.3, -0.25) is 9.59 Å². The number of benzene rings is 1. The molecule has 3 rings (SSSR count). The molecule has 0 N–H and O–H groups in total. The van der Waals surface area contributed by atoms with Gasteiger partial charge in [0.2, 0.25) is 0 Å². The molecule has 0 aliphatic rings. The smallest absolute Gasteiger partial charge is 0.307 e. The molecule has 0 saturated carbocycles. The molecular weight excluding hydrogens is 416 g/mol. The first-order chi connectivity index (χ1) is 15.5. The lowest BCUT2D eigenvalue weighted by molar-refractivity contribution is -0.140. The first kappa shape index (κ1) is 24.4. The maximum Gasteiger partial charge on any atom is 0.307 e. The third-order valence-corrected chi connectivity index (χ3v) is 5.61. The van der Waals surface area contributed by atoms with E-state index in [0.29, 0.717) is 17.8 Å². The average Bonchev–Trinajstić information content (AvgIpc) is 3.13. The quantitative estimate of drug-likeness (QED) is 0.482. The van der Waals surface area contributed by atoms with Crippen molar-refractivity contribution in [3.63, 3.8) is 0 Å². The number of pyridine rings is 1.